The van der Waals surface area contributed by atoms with Gasteiger partial charge in [-0.25, -0.2) is 4.57 Å². The second-order valence-corrected chi connectivity index (χ2v) is 16.8. The quantitative estimate of drug-likeness (QED) is 0.0241. The maximum atomic E-state index is 12.1. The van der Waals surface area contributed by atoms with Crippen LogP contribution in [-0.2, 0) is 27.9 Å². The smallest absolute Gasteiger partial charge is 0.463 e. The van der Waals surface area contributed by atoms with Crippen LogP contribution in [0.4, 0.5) is 0 Å². The number of aliphatic hydroxyl groups excluding tert-OH is 1. The Bertz CT molecular complexity index is 902. The van der Waals surface area contributed by atoms with Crippen molar-refractivity contribution < 1.29 is 37.9 Å². The molecule has 0 saturated carbocycles. The lowest BCUT2D eigenvalue weighted by Gasteiger charge is -2.15. The highest BCUT2D eigenvalue weighted by Gasteiger charge is 2.23. The van der Waals surface area contributed by atoms with Crippen LogP contribution in [0.5, 0.6) is 0 Å². The van der Waals surface area contributed by atoms with E-state index in [1.54, 1.807) is 0 Å². The molecule has 0 rings (SSSR count). The van der Waals surface area contributed by atoms with Crippen LogP contribution in [0, 0.1) is 0 Å². The molecule has 0 radical (unpaired) electrons. The fourth-order valence-corrected chi connectivity index (χ4v) is 7.25. The van der Waals surface area contributed by atoms with Crippen LogP contribution < -0.4 is 5.32 Å². The summed E-state index contributed by atoms with van der Waals surface area (Å²) in [6.07, 6.45) is 42.8. The molecule has 0 aliphatic heterocycles. The van der Waals surface area contributed by atoms with Crippen LogP contribution in [0.2, 0.25) is 0 Å². The minimum Gasteiger partial charge on any atom is -0.463 e. The summed E-state index contributed by atoms with van der Waals surface area (Å²) in [4.78, 5) is 33.9. The van der Waals surface area contributed by atoms with Crippen molar-refractivity contribution in [1.29, 1.82) is 0 Å². The molecule has 0 heterocycles. The standard InChI is InChI=1S/C44H86NO8P/c1-3-5-7-9-11-13-15-17-19-20-21-22-23-24-26-28-30-32-34-36-43(47)45-38-39-52-54(49,50)53-41-42(46)40-51-44(48)37-35-33-31-29-27-25-18-16-14-12-10-8-6-4-2/h17,19,42,46H,3-16,18,20-41H2,1-2H3,(H,45,47)(H,49,50)/b19-17+. The summed E-state index contributed by atoms with van der Waals surface area (Å²) in [7, 11) is -4.41. The van der Waals surface area contributed by atoms with E-state index in [-0.39, 0.29) is 32.1 Å². The van der Waals surface area contributed by atoms with E-state index in [1.807, 2.05) is 0 Å². The number of aliphatic hydroxyl groups is 1. The number of esters is 1. The molecule has 0 aromatic heterocycles. The van der Waals surface area contributed by atoms with Gasteiger partial charge in [-0.1, -0.05) is 187 Å². The molecular formula is C44H86NO8P. The lowest BCUT2D eigenvalue weighted by Crippen LogP contribution is -2.27. The van der Waals surface area contributed by atoms with Crippen molar-refractivity contribution in [3.63, 3.8) is 0 Å². The van der Waals surface area contributed by atoms with Crippen LogP contribution in [-0.4, -0.2) is 54.3 Å². The normalized spacial score (nSPS) is 13.3. The number of hydrogen-bond donors (Lipinski definition) is 3. The van der Waals surface area contributed by atoms with E-state index in [9.17, 15) is 24.2 Å². The molecule has 0 aromatic rings. The molecule has 0 saturated heterocycles. The molecule has 1 amide bonds. The predicted molar refractivity (Wildman–Crippen MR) is 225 cm³/mol. The highest BCUT2D eigenvalue weighted by Crippen LogP contribution is 2.42. The van der Waals surface area contributed by atoms with Gasteiger partial charge in [0, 0.05) is 19.4 Å². The van der Waals surface area contributed by atoms with Crippen molar-refractivity contribution in [2.45, 2.75) is 232 Å². The maximum Gasteiger partial charge on any atom is 0.472 e. The molecule has 0 fully saturated rings. The summed E-state index contributed by atoms with van der Waals surface area (Å²) in [5.41, 5.74) is 0. The molecule has 0 spiro atoms. The first kappa shape index (κ1) is 52.8. The predicted octanol–water partition coefficient (Wildman–Crippen LogP) is 12.6. The van der Waals surface area contributed by atoms with E-state index in [1.165, 1.54) is 161 Å². The summed E-state index contributed by atoms with van der Waals surface area (Å²) in [5, 5.41) is 12.7. The topological polar surface area (TPSA) is 131 Å². The van der Waals surface area contributed by atoms with Gasteiger partial charge in [-0.2, -0.15) is 0 Å². The van der Waals surface area contributed by atoms with Crippen LogP contribution in [0.1, 0.15) is 226 Å². The van der Waals surface area contributed by atoms with Gasteiger partial charge in [0.05, 0.1) is 13.2 Å². The Morgan fingerprint density at radius 1 is 0.556 bits per heavy atom. The third-order valence-corrected chi connectivity index (χ3v) is 10.9. The zero-order chi connectivity index (χ0) is 39.6. The van der Waals surface area contributed by atoms with Crippen molar-refractivity contribution in [2.75, 3.05) is 26.4 Å². The number of ether oxygens (including phenoxy) is 1. The van der Waals surface area contributed by atoms with Crippen LogP contribution in [0.3, 0.4) is 0 Å². The van der Waals surface area contributed by atoms with Gasteiger partial charge in [0.1, 0.15) is 12.7 Å². The van der Waals surface area contributed by atoms with E-state index in [0.29, 0.717) is 6.42 Å². The second-order valence-electron chi connectivity index (χ2n) is 15.4. The Morgan fingerprint density at radius 3 is 1.39 bits per heavy atom. The number of allylic oxidation sites excluding steroid dienone is 2. The van der Waals surface area contributed by atoms with Crippen molar-refractivity contribution >= 4 is 19.7 Å². The minimum absolute atomic E-state index is 0.0844. The number of rotatable bonds is 43. The van der Waals surface area contributed by atoms with Gasteiger partial charge >= 0.3 is 13.8 Å². The number of carbonyl (C=O) groups is 2. The number of hydrogen-bond acceptors (Lipinski definition) is 7. The molecule has 54 heavy (non-hydrogen) atoms. The molecule has 320 valence electrons. The number of phosphoric ester groups is 1. The summed E-state index contributed by atoms with van der Waals surface area (Å²) in [5.74, 6) is -0.509. The maximum absolute atomic E-state index is 12.1. The first-order valence-corrected chi connectivity index (χ1v) is 24.2. The summed E-state index contributed by atoms with van der Waals surface area (Å²) >= 11 is 0. The SMILES string of the molecule is CCCCCCCC/C=C/CCCCCCCCCCCC(=O)NCCOP(=O)(O)OCC(O)COC(=O)CCCCCCCCCCCCCCCC. The summed E-state index contributed by atoms with van der Waals surface area (Å²) in [6, 6.07) is 0. The zero-order valence-corrected chi connectivity index (χ0v) is 36.1. The fraction of sp³-hybridized carbons (Fsp3) is 0.909. The van der Waals surface area contributed by atoms with E-state index in [0.717, 1.165) is 38.5 Å². The third kappa shape index (κ3) is 41.9. The average Bonchev–Trinajstić information content (AvgIpc) is 3.16. The number of unbranched alkanes of at least 4 members (excludes halogenated alkanes) is 28. The molecule has 0 aromatic carbocycles. The van der Waals surface area contributed by atoms with E-state index < -0.39 is 26.5 Å². The molecular weight excluding hydrogens is 701 g/mol. The Morgan fingerprint density at radius 2 is 0.944 bits per heavy atom. The molecule has 0 aliphatic rings. The van der Waals surface area contributed by atoms with Gasteiger partial charge in [-0.3, -0.25) is 18.6 Å². The highest BCUT2D eigenvalue weighted by molar-refractivity contribution is 7.47. The van der Waals surface area contributed by atoms with E-state index in [2.05, 4.69) is 31.3 Å². The van der Waals surface area contributed by atoms with Gasteiger partial charge < -0.3 is 20.1 Å². The lowest BCUT2D eigenvalue weighted by molar-refractivity contribution is -0.147. The van der Waals surface area contributed by atoms with Crippen LogP contribution in [0.25, 0.3) is 0 Å². The molecule has 10 heteroatoms. The lowest BCUT2D eigenvalue weighted by atomic mass is 10.0. The van der Waals surface area contributed by atoms with E-state index in [4.69, 9.17) is 13.8 Å². The average molecular weight is 788 g/mol. The number of nitrogens with one attached hydrogen (secondary N) is 1. The Kier molecular flexibility index (Phi) is 40.4. The van der Waals surface area contributed by atoms with E-state index >= 15 is 0 Å². The minimum atomic E-state index is -4.41. The van der Waals surface area contributed by atoms with Crippen molar-refractivity contribution in [1.82, 2.24) is 5.32 Å². The number of phosphoric acid groups is 1. The Hall–Kier alpha value is -1.25. The molecule has 2 unspecified atom stereocenters. The third-order valence-electron chi connectivity index (χ3n) is 9.95. The fourth-order valence-electron chi connectivity index (χ4n) is 6.49. The monoisotopic (exact) mass is 788 g/mol. The van der Waals surface area contributed by atoms with Gasteiger partial charge in [0.15, 0.2) is 0 Å². The van der Waals surface area contributed by atoms with Gasteiger partial charge in [0.25, 0.3) is 0 Å². The van der Waals surface area contributed by atoms with Gasteiger partial charge in [-0.05, 0) is 38.5 Å². The summed E-state index contributed by atoms with van der Waals surface area (Å²) < 4.78 is 26.9. The van der Waals surface area contributed by atoms with Gasteiger partial charge in [0.2, 0.25) is 5.91 Å². The highest BCUT2D eigenvalue weighted by atomic mass is 31.2. The Balaban J connectivity index is 3.55. The molecule has 3 N–H and O–H groups in total. The number of amides is 1. The van der Waals surface area contributed by atoms with Crippen molar-refractivity contribution in [3.8, 4) is 0 Å². The summed E-state index contributed by atoms with van der Waals surface area (Å²) in [6.45, 7) is 3.58. The molecule has 9 nitrogen and oxygen atoms in total. The molecule has 2 atom stereocenters. The van der Waals surface area contributed by atoms with Crippen LogP contribution in [0.15, 0.2) is 12.2 Å². The van der Waals surface area contributed by atoms with Crippen molar-refractivity contribution in [2.24, 2.45) is 0 Å². The van der Waals surface area contributed by atoms with Crippen LogP contribution >= 0.6 is 7.82 Å². The van der Waals surface area contributed by atoms with Crippen molar-refractivity contribution in [3.05, 3.63) is 12.2 Å². The Labute approximate surface area is 332 Å². The second kappa shape index (κ2) is 41.4. The largest absolute Gasteiger partial charge is 0.472 e. The molecule has 0 aliphatic carbocycles. The first-order valence-electron chi connectivity index (χ1n) is 22.7. The van der Waals surface area contributed by atoms with Gasteiger partial charge in [-0.15, -0.1) is 0 Å². The molecule has 0 bridgehead atoms. The number of carbonyl (C=O) groups excluding carboxylic acids is 2. The first-order chi connectivity index (χ1) is 26.3. The zero-order valence-electron chi connectivity index (χ0n) is 35.2.